The second kappa shape index (κ2) is 9.80. The summed E-state index contributed by atoms with van der Waals surface area (Å²) in [5, 5.41) is 7.45. The first kappa shape index (κ1) is 21.1. The topological polar surface area (TPSA) is 75.7 Å². The van der Waals surface area contributed by atoms with E-state index in [1.54, 1.807) is 21.3 Å². The van der Waals surface area contributed by atoms with Crippen molar-refractivity contribution in [3.63, 3.8) is 0 Å². The number of hydrogen-bond acceptors (Lipinski definition) is 7. The molecule has 1 aliphatic rings. The van der Waals surface area contributed by atoms with Crippen LogP contribution in [0.15, 0.2) is 42.9 Å². The van der Waals surface area contributed by atoms with Gasteiger partial charge in [-0.2, -0.15) is 5.10 Å². The number of nitrogens with one attached hydrogen (secondary N) is 1. The minimum atomic E-state index is 0.583. The van der Waals surface area contributed by atoms with E-state index in [0.717, 1.165) is 56.1 Å². The zero-order chi connectivity index (χ0) is 21.6. The molecule has 31 heavy (non-hydrogen) atoms. The highest BCUT2D eigenvalue weighted by molar-refractivity contribution is 5.70. The van der Waals surface area contributed by atoms with E-state index in [9.17, 15) is 0 Å². The summed E-state index contributed by atoms with van der Waals surface area (Å²) >= 11 is 0. The second-order valence-corrected chi connectivity index (χ2v) is 7.60. The number of methoxy groups -OCH3 is 3. The van der Waals surface area contributed by atoms with Crippen LogP contribution in [0.2, 0.25) is 0 Å². The molecular weight excluding hydrogens is 394 g/mol. The Kier molecular flexibility index (Phi) is 6.69. The van der Waals surface area contributed by atoms with Crippen molar-refractivity contribution < 1.29 is 14.2 Å². The lowest BCUT2D eigenvalue weighted by atomic mass is 10.1. The lowest BCUT2D eigenvalue weighted by Crippen LogP contribution is -2.45. The Morgan fingerprint density at radius 3 is 2.16 bits per heavy atom. The molecule has 164 valence electrons. The quantitative estimate of drug-likeness (QED) is 0.597. The van der Waals surface area contributed by atoms with Crippen molar-refractivity contribution in [1.82, 2.24) is 25.0 Å². The Labute approximate surface area is 182 Å². The van der Waals surface area contributed by atoms with E-state index in [-0.39, 0.29) is 0 Å². The summed E-state index contributed by atoms with van der Waals surface area (Å²) in [5.41, 5.74) is 4.33. The number of aromatic amines is 1. The van der Waals surface area contributed by atoms with E-state index in [1.807, 2.05) is 36.8 Å². The zero-order valence-electron chi connectivity index (χ0n) is 18.3. The highest BCUT2D eigenvalue weighted by Gasteiger charge is 2.21. The van der Waals surface area contributed by atoms with Crippen molar-refractivity contribution in [2.24, 2.45) is 0 Å². The van der Waals surface area contributed by atoms with E-state index in [0.29, 0.717) is 17.2 Å². The number of benzene rings is 1. The third-order valence-corrected chi connectivity index (χ3v) is 5.66. The van der Waals surface area contributed by atoms with Crippen LogP contribution in [-0.4, -0.2) is 72.5 Å². The number of aromatic nitrogens is 3. The van der Waals surface area contributed by atoms with Gasteiger partial charge in [0.15, 0.2) is 11.5 Å². The van der Waals surface area contributed by atoms with E-state index >= 15 is 0 Å². The van der Waals surface area contributed by atoms with E-state index < -0.39 is 0 Å². The monoisotopic (exact) mass is 423 g/mol. The maximum Gasteiger partial charge on any atom is 0.203 e. The molecule has 1 N–H and O–H groups in total. The Balaban J connectivity index is 1.44. The van der Waals surface area contributed by atoms with E-state index in [4.69, 9.17) is 14.2 Å². The van der Waals surface area contributed by atoms with Gasteiger partial charge < -0.3 is 14.2 Å². The average Bonchev–Trinajstić information content (AvgIpc) is 3.28. The highest BCUT2D eigenvalue weighted by Crippen LogP contribution is 2.41. The van der Waals surface area contributed by atoms with Crippen LogP contribution in [0, 0.1) is 0 Å². The van der Waals surface area contributed by atoms with Crippen LogP contribution in [0.3, 0.4) is 0 Å². The van der Waals surface area contributed by atoms with Gasteiger partial charge in [-0.3, -0.25) is 19.9 Å². The van der Waals surface area contributed by atoms with Crippen molar-refractivity contribution >= 4 is 0 Å². The van der Waals surface area contributed by atoms with Gasteiger partial charge in [-0.1, -0.05) is 6.07 Å². The molecule has 1 aromatic carbocycles. The molecule has 1 fully saturated rings. The Morgan fingerprint density at radius 1 is 0.903 bits per heavy atom. The molecule has 0 spiro atoms. The number of pyridine rings is 1. The van der Waals surface area contributed by atoms with Gasteiger partial charge in [0.05, 0.1) is 33.2 Å². The lowest BCUT2D eigenvalue weighted by Gasteiger charge is -2.34. The van der Waals surface area contributed by atoms with Crippen LogP contribution in [0.1, 0.15) is 11.1 Å². The molecule has 0 atom stereocenters. The lowest BCUT2D eigenvalue weighted by molar-refractivity contribution is 0.122. The molecule has 0 unspecified atom stereocenters. The van der Waals surface area contributed by atoms with E-state index in [2.05, 4.69) is 31.0 Å². The van der Waals surface area contributed by atoms with Gasteiger partial charge in [0.25, 0.3) is 0 Å². The smallest absolute Gasteiger partial charge is 0.203 e. The third kappa shape index (κ3) is 4.81. The molecule has 2 aromatic heterocycles. The van der Waals surface area contributed by atoms with Crippen LogP contribution in [0.4, 0.5) is 0 Å². The fourth-order valence-corrected chi connectivity index (χ4v) is 4.00. The zero-order valence-corrected chi connectivity index (χ0v) is 18.3. The summed E-state index contributed by atoms with van der Waals surface area (Å²) in [7, 11) is 4.86. The summed E-state index contributed by atoms with van der Waals surface area (Å²) in [6, 6.07) is 8.03. The Bertz CT molecular complexity index is 959. The van der Waals surface area contributed by atoms with Crippen molar-refractivity contribution in [2.75, 3.05) is 47.5 Å². The molecule has 0 aliphatic carbocycles. The molecule has 4 rings (SSSR count). The Morgan fingerprint density at radius 2 is 1.58 bits per heavy atom. The Hall–Kier alpha value is -3.10. The van der Waals surface area contributed by atoms with Crippen LogP contribution in [0.5, 0.6) is 17.2 Å². The predicted molar refractivity (Wildman–Crippen MR) is 118 cm³/mol. The van der Waals surface area contributed by atoms with Crippen molar-refractivity contribution in [3.8, 4) is 28.5 Å². The van der Waals surface area contributed by atoms with Crippen LogP contribution >= 0.6 is 0 Å². The van der Waals surface area contributed by atoms with Gasteiger partial charge in [-0.05, 0) is 23.8 Å². The number of piperazine rings is 1. The number of hydrogen-bond donors (Lipinski definition) is 1. The SMILES string of the molecule is COc1cc(-c2[nH]ncc2CN2CCN(Cc3cccnc3)CC2)cc(OC)c1OC. The average molecular weight is 424 g/mol. The van der Waals surface area contributed by atoms with Gasteiger partial charge in [0.2, 0.25) is 5.75 Å². The second-order valence-electron chi connectivity index (χ2n) is 7.60. The maximum absolute atomic E-state index is 5.51. The summed E-state index contributed by atoms with van der Waals surface area (Å²) in [4.78, 5) is 9.16. The number of rotatable bonds is 8. The van der Waals surface area contributed by atoms with Crippen molar-refractivity contribution in [3.05, 3.63) is 54.0 Å². The predicted octanol–water partition coefficient (Wildman–Crippen LogP) is 2.82. The third-order valence-electron chi connectivity index (χ3n) is 5.66. The molecule has 8 nitrogen and oxygen atoms in total. The number of H-pyrrole nitrogens is 1. The molecule has 0 amide bonds. The first-order valence-electron chi connectivity index (χ1n) is 10.4. The molecule has 1 saturated heterocycles. The first-order valence-corrected chi connectivity index (χ1v) is 10.4. The van der Waals surface area contributed by atoms with Gasteiger partial charge in [-0.15, -0.1) is 0 Å². The molecule has 0 bridgehead atoms. The number of ether oxygens (including phenoxy) is 3. The summed E-state index contributed by atoms with van der Waals surface area (Å²) in [6.45, 7) is 5.88. The first-order chi connectivity index (χ1) is 15.2. The van der Waals surface area contributed by atoms with Crippen LogP contribution < -0.4 is 14.2 Å². The highest BCUT2D eigenvalue weighted by atomic mass is 16.5. The van der Waals surface area contributed by atoms with Crippen LogP contribution in [0.25, 0.3) is 11.3 Å². The normalized spacial score (nSPS) is 15.1. The molecule has 3 aromatic rings. The van der Waals surface area contributed by atoms with Gasteiger partial charge >= 0.3 is 0 Å². The molecule has 0 saturated carbocycles. The largest absolute Gasteiger partial charge is 0.493 e. The van der Waals surface area contributed by atoms with Gasteiger partial charge in [0, 0.05) is 62.8 Å². The molecule has 8 heteroatoms. The van der Waals surface area contributed by atoms with Crippen molar-refractivity contribution in [2.45, 2.75) is 13.1 Å². The van der Waals surface area contributed by atoms with Gasteiger partial charge in [0.1, 0.15) is 0 Å². The maximum atomic E-state index is 5.51. The van der Waals surface area contributed by atoms with Gasteiger partial charge in [-0.25, -0.2) is 0 Å². The summed E-state index contributed by atoms with van der Waals surface area (Å²) in [5.74, 6) is 1.84. The minimum absolute atomic E-state index is 0.583. The fraction of sp³-hybridized carbons (Fsp3) is 0.391. The molecular formula is C23H29N5O3. The summed E-state index contributed by atoms with van der Waals surface area (Å²) < 4.78 is 16.5. The van der Waals surface area contributed by atoms with Crippen LogP contribution in [-0.2, 0) is 13.1 Å². The number of nitrogens with zero attached hydrogens (tertiary/aromatic N) is 4. The fourth-order valence-electron chi connectivity index (χ4n) is 4.00. The summed E-state index contributed by atoms with van der Waals surface area (Å²) in [6.07, 6.45) is 5.67. The molecule has 1 aliphatic heterocycles. The van der Waals surface area contributed by atoms with E-state index in [1.165, 1.54) is 5.56 Å². The molecule has 0 radical (unpaired) electrons. The van der Waals surface area contributed by atoms with Crippen molar-refractivity contribution in [1.29, 1.82) is 0 Å². The standard InChI is InChI=1S/C23H29N5O3/c1-29-20-11-18(12-21(30-2)23(20)31-3)22-19(14-25-26-22)16-28-9-7-27(8-10-28)15-17-5-4-6-24-13-17/h4-6,11-14H,7-10,15-16H2,1-3H3,(H,25,26). The minimum Gasteiger partial charge on any atom is -0.493 e. The molecule has 3 heterocycles.